The van der Waals surface area contributed by atoms with E-state index in [0.717, 1.165) is 17.7 Å². The van der Waals surface area contributed by atoms with Gasteiger partial charge in [-0.2, -0.15) is 0 Å². The van der Waals surface area contributed by atoms with Crippen LogP contribution < -0.4 is 4.90 Å². The zero-order valence-electron chi connectivity index (χ0n) is 14.2. The summed E-state index contributed by atoms with van der Waals surface area (Å²) < 4.78 is 0. The number of rotatable bonds is 4. The topological polar surface area (TPSA) is 40.6 Å². The minimum Gasteiger partial charge on any atom is -0.329 e. The fourth-order valence-corrected chi connectivity index (χ4v) is 3.04. The first-order valence-electron chi connectivity index (χ1n) is 8.24. The van der Waals surface area contributed by atoms with Crippen LogP contribution in [0.4, 0.5) is 5.69 Å². The van der Waals surface area contributed by atoms with Crippen molar-refractivity contribution in [1.29, 1.82) is 0 Å². The summed E-state index contributed by atoms with van der Waals surface area (Å²) in [6.07, 6.45) is 0.875. The Kier molecular flexibility index (Phi) is 4.65. The van der Waals surface area contributed by atoms with Gasteiger partial charge in [-0.3, -0.25) is 9.59 Å². The van der Waals surface area contributed by atoms with Crippen LogP contribution in [0.3, 0.4) is 0 Å². The summed E-state index contributed by atoms with van der Waals surface area (Å²) in [4.78, 5) is 28.1. The molecule has 0 radical (unpaired) electrons. The van der Waals surface area contributed by atoms with Crippen molar-refractivity contribution in [3.63, 3.8) is 0 Å². The maximum Gasteiger partial charge on any atom is 0.246 e. The molecular formula is C20H22N2O2. The molecule has 4 nitrogen and oxygen atoms in total. The van der Waals surface area contributed by atoms with E-state index in [0.29, 0.717) is 13.1 Å². The van der Waals surface area contributed by atoms with Gasteiger partial charge in [0.2, 0.25) is 11.8 Å². The van der Waals surface area contributed by atoms with Crippen LogP contribution in [0.15, 0.2) is 48.5 Å². The highest BCUT2D eigenvalue weighted by Crippen LogP contribution is 2.27. The molecule has 0 saturated carbocycles. The second-order valence-corrected chi connectivity index (χ2v) is 6.28. The molecular weight excluding hydrogens is 300 g/mol. The van der Waals surface area contributed by atoms with Crippen LogP contribution in [-0.2, 0) is 22.6 Å². The Balaban J connectivity index is 1.71. The molecule has 0 aliphatic carbocycles. The molecule has 0 aromatic heterocycles. The third kappa shape index (κ3) is 3.48. The van der Waals surface area contributed by atoms with Crippen molar-refractivity contribution in [2.75, 3.05) is 18.0 Å². The van der Waals surface area contributed by atoms with Gasteiger partial charge in [0, 0.05) is 25.7 Å². The van der Waals surface area contributed by atoms with E-state index >= 15 is 0 Å². The number of aryl methyl sites for hydroxylation is 1. The molecule has 0 N–H and O–H groups in total. The molecule has 0 saturated heterocycles. The third-order valence-corrected chi connectivity index (χ3v) is 4.45. The lowest BCUT2D eigenvalue weighted by atomic mass is 10.1. The monoisotopic (exact) mass is 322 g/mol. The van der Waals surface area contributed by atoms with Gasteiger partial charge in [-0.15, -0.1) is 0 Å². The molecule has 1 heterocycles. The molecule has 1 aliphatic heterocycles. The van der Waals surface area contributed by atoms with Crippen molar-refractivity contribution in [1.82, 2.24) is 4.90 Å². The molecule has 0 spiro atoms. The van der Waals surface area contributed by atoms with Crippen molar-refractivity contribution in [2.45, 2.75) is 26.8 Å². The second-order valence-electron chi connectivity index (χ2n) is 6.28. The minimum absolute atomic E-state index is 0.0257. The predicted octanol–water partition coefficient (Wildman–Crippen LogP) is 2.93. The first kappa shape index (κ1) is 16.2. The number of amides is 2. The Morgan fingerprint density at radius 1 is 1.08 bits per heavy atom. The Hall–Kier alpha value is -2.62. The zero-order valence-corrected chi connectivity index (χ0v) is 14.2. The van der Waals surface area contributed by atoms with Gasteiger partial charge in [-0.25, -0.2) is 0 Å². The smallest absolute Gasteiger partial charge is 0.246 e. The van der Waals surface area contributed by atoms with Crippen LogP contribution in [0, 0.1) is 6.92 Å². The minimum atomic E-state index is -0.0867. The molecule has 3 rings (SSSR count). The van der Waals surface area contributed by atoms with Crippen molar-refractivity contribution in [2.24, 2.45) is 0 Å². The molecule has 0 atom stereocenters. The highest BCUT2D eigenvalue weighted by molar-refractivity contribution is 5.98. The average molecular weight is 322 g/mol. The number of carbonyl (C=O) groups excluding carboxylic acids is 2. The van der Waals surface area contributed by atoms with E-state index in [2.05, 4.69) is 6.07 Å². The van der Waals surface area contributed by atoms with Crippen molar-refractivity contribution in [3.05, 3.63) is 65.2 Å². The summed E-state index contributed by atoms with van der Waals surface area (Å²) in [7, 11) is 0. The fraction of sp³-hybridized carbons (Fsp3) is 0.300. The number of benzene rings is 2. The van der Waals surface area contributed by atoms with Crippen molar-refractivity contribution < 1.29 is 9.59 Å². The number of nitrogens with zero attached hydrogens (tertiary/aromatic N) is 2. The van der Waals surface area contributed by atoms with Gasteiger partial charge in [0.05, 0.1) is 0 Å². The quantitative estimate of drug-likeness (QED) is 0.868. The standard InChI is InChI=1S/C20H22N2O2/c1-15-7-9-17(10-8-15)13-21(16(2)23)14-20(24)22-12-11-18-5-3-4-6-19(18)22/h3-10H,11-14H2,1-2H3. The normalized spacial score (nSPS) is 12.8. The molecule has 1 aliphatic rings. The molecule has 2 amide bonds. The van der Waals surface area contributed by atoms with Gasteiger partial charge >= 0.3 is 0 Å². The number of anilines is 1. The van der Waals surface area contributed by atoms with Gasteiger partial charge in [0.25, 0.3) is 0 Å². The maximum atomic E-state index is 12.7. The predicted molar refractivity (Wildman–Crippen MR) is 94.8 cm³/mol. The number of hydrogen-bond acceptors (Lipinski definition) is 2. The molecule has 0 fully saturated rings. The fourth-order valence-electron chi connectivity index (χ4n) is 3.04. The van der Waals surface area contributed by atoms with Crippen LogP contribution in [0.2, 0.25) is 0 Å². The summed E-state index contributed by atoms with van der Waals surface area (Å²) in [5.41, 5.74) is 4.38. The van der Waals surface area contributed by atoms with Crippen molar-refractivity contribution in [3.8, 4) is 0 Å². The first-order valence-corrected chi connectivity index (χ1v) is 8.24. The number of para-hydroxylation sites is 1. The van der Waals surface area contributed by atoms with Crippen LogP contribution in [0.25, 0.3) is 0 Å². The molecule has 24 heavy (non-hydrogen) atoms. The summed E-state index contributed by atoms with van der Waals surface area (Å²) in [6.45, 7) is 4.79. The zero-order chi connectivity index (χ0) is 17.1. The Bertz CT molecular complexity index is 752. The van der Waals surface area contributed by atoms with Crippen molar-refractivity contribution >= 4 is 17.5 Å². The summed E-state index contributed by atoms with van der Waals surface area (Å²) in [6, 6.07) is 16.0. The van der Waals surface area contributed by atoms with Gasteiger partial charge in [0.1, 0.15) is 6.54 Å². The summed E-state index contributed by atoms with van der Waals surface area (Å²) >= 11 is 0. The highest BCUT2D eigenvalue weighted by Gasteiger charge is 2.26. The number of fused-ring (bicyclic) bond motifs is 1. The van der Waals surface area contributed by atoms with Gasteiger partial charge in [-0.05, 0) is 30.5 Å². The molecule has 2 aromatic carbocycles. The van der Waals surface area contributed by atoms with E-state index in [1.165, 1.54) is 18.1 Å². The molecule has 0 unspecified atom stereocenters. The van der Waals surface area contributed by atoms with Gasteiger partial charge in [-0.1, -0.05) is 48.0 Å². The van der Waals surface area contributed by atoms with Crippen LogP contribution in [-0.4, -0.2) is 29.8 Å². The van der Waals surface area contributed by atoms with E-state index in [1.54, 1.807) is 9.80 Å². The average Bonchev–Trinajstić information content (AvgIpc) is 3.00. The SMILES string of the molecule is CC(=O)N(CC(=O)N1CCc2ccccc21)Cc1ccc(C)cc1. The van der Waals surface area contributed by atoms with Crippen LogP contribution >= 0.6 is 0 Å². The van der Waals surface area contributed by atoms with E-state index in [4.69, 9.17) is 0 Å². The van der Waals surface area contributed by atoms with E-state index in [1.807, 2.05) is 49.4 Å². The summed E-state index contributed by atoms with van der Waals surface area (Å²) in [5, 5.41) is 0. The lowest BCUT2D eigenvalue weighted by Crippen LogP contribution is -2.41. The third-order valence-electron chi connectivity index (χ3n) is 4.45. The lowest BCUT2D eigenvalue weighted by Gasteiger charge is -2.24. The first-order chi connectivity index (χ1) is 11.5. The largest absolute Gasteiger partial charge is 0.329 e. The lowest BCUT2D eigenvalue weighted by molar-refractivity contribution is -0.134. The van der Waals surface area contributed by atoms with E-state index < -0.39 is 0 Å². The Morgan fingerprint density at radius 3 is 2.50 bits per heavy atom. The maximum absolute atomic E-state index is 12.7. The molecule has 4 heteroatoms. The summed E-state index contributed by atoms with van der Waals surface area (Å²) in [5.74, 6) is -0.112. The van der Waals surface area contributed by atoms with Gasteiger partial charge < -0.3 is 9.80 Å². The van der Waals surface area contributed by atoms with Crippen LogP contribution in [0.5, 0.6) is 0 Å². The Morgan fingerprint density at radius 2 is 1.79 bits per heavy atom. The van der Waals surface area contributed by atoms with E-state index in [9.17, 15) is 9.59 Å². The molecule has 124 valence electrons. The molecule has 0 bridgehead atoms. The Labute approximate surface area is 142 Å². The molecule has 2 aromatic rings. The van der Waals surface area contributed by atoms with Crippen LogP contribution in [0.1, 0.15) is 23.6 Å². The van der Waals surface area contributed by atoms with Gasteiger partial charge in [0.15, 0.2) is 0 Å². The number of hydrogen-bond donors (Lipinski definition) is 0. The van der Waals surface area contributed by atoms with E-state index in [-0.39, 0.29) is 18.4 Å². The number of carbonyl (C=O) groups is 2. The highest BCUT2D eigenvalue weighted by atomic mass is 16.2. The second kappa shape index (κ2) is 6.87.